The number of fused-ring (bicyclic) bond motifs is 6. The molecule has 0 radical (unpaired) electrons. The van der Waals surface area contributed by atoms with E-state index < -0.39 is 0 Å². The summed E-state index contributed by atoms with van der Waals surface area (Å²) in [6.45, 7) is 4.81. The first kappa shape index (κ1) is 21.2. The molecule has 7 rings (SSSR count). The second-order valence-electron chi connectivity index (χ2n) is 10.6. The van der Waals surface area contributed by atoms with E-state index in [1.54, 1.807) is 0 Å². The fraction of sp³-hybridized carbons (Fsp3) is 0.182. The fourth-order valence-corrected chi connectivity index (χ4v) is 6.48. The van der Waals surface area contributed by atoms with Gasteiger partial charge < -0.3 is 9.88 Å². The van der Waals surface area contributed by atoms with Crippen molar-refractivity contribution < 1.29 is 0 Å². The highest BCUT2D eigenvalue weighted by Crippen LogP contribution is 2.52. The summed E-state index contributed by atoms with van der Waals surface area (Å²) in [6.07, 6.45) is 19.5. The molecule has 2 aliphatic carbocycles. The predicted molar refractivity (Wildman–Crippen MR) is 148 cm³/mol. The quantitative estimate of drug-likeness (QED) is 0.330. The van der Waals surface area contributed by atoms with Crippen LogP contribution in [0.3, 0.4) is 0 Å². The SMILES string of the molecule is CC1(C)c2ccccc2-c2cc3c(ccn3C3NC=CC=C3c3ccccn3)cc2C2C=CC=CC21. The molecule has 0 bridgehead atoms. The molecule has 0 amide bonds. The van der Waals surface area contributed by atoms with Crippen molar-refractivity contribution in [1.82, 2.24) is 14.9 Å². The highest BCUT2D eigenvalue weighted by molar-refractivity contribution is 5.90. The standard InChI is InChI=1S/C33H29N3/c1-33(2)28-13-5-3-10-23(28)26-20-22-16-19-36(31(22)21-27(26)24-11-4-6-14-29(24)33)32-25(12-9-18-35-32)30-15-7-8-17-34-30/h3-21,23,28,32,35H,1-2H3. The van der Waals surface area contributed by atoms with Crippen LogP contribution in [0.1, 0.15) is 42.8 Å². The summed E-state index contributed by atoms with van der Waals surface area (Å²) >= 11 is 0. The van der Waals surface area contributed by atoms with E-state index in [1.165, 1.54) is 33.2 Å². The van der Waals surface area contributed by atoms with Gasteiger partial charge in [-0.1, -0.05) is 74.6 Å². The van der Waals surface area contributed by atoms with Crippen molar-refractivity contribution in [3.63, 3.8) is 0 Å². The van der Waals surface area contributed by atoms with Crippen LogP contribution in [0.2, 0.25) is 0 Å². The normalized spacial score (nSPS) is 23.3. The third-order valence-electron chi connectivity index (χ3n) is 8.29. The number of nitrogens with one attached hydrogen (secondary N) is 1. The van der Waals surface area contributed by atoms with E-state index in [0.29, 0.717) is 11.8 Å². The Labute approximate surface area is 212 Å². The molecule has 176 valence electrons. The first-order valence-corrected chi connectivity index (χ1v) is 12.8. The molecule has 3 nitrogen and oxygen atoms in total. The maximum Gasteiger partial charge on any atom is 0.131 e. The fourth-order valence-electron chi connectivity index (χ4n) is 6.48. The third kappa shape index (κ3) is 3.09. The molecule has 0 spiro atoms. The van der Waals surface area contributed by atoms with Crippen LogP contribution in [0.5, 0.6) is 0 Å². The molecular formula is C33H29N3. The molecule has 36 heavy (non-hydrogen) atoms. The van der Waals surface area contributed by atoms with Gasteiger partial charge >= 0.3 is 0 Å². The highest BCUT2D eigenvalue weighted by Gasteiger charge is 2.41. The Morgan fingerprint density at radius 2 is 1.75 bits per heavy atom. The lowest BCUT2D eigenvalue weighted by atomic mass is 9.66. The van der Waals surface area contributed by atoms with Crippen molar-refractivity contribution in [2.24, 2.45) is 5.92 Å². The Morgan fingerprint density at radius 3 is 2.64 bits per heavy atom. The first-order valence-electron chi connectivity index (χ1n) is 12.8. The molecule has 2 aromatic heterocycles. The minimum absolute atomic E-state index is 0.0200. The molecule has 3 atom stereocenters. The van der Waals surface area contributed by atoms with Gasteiger partial charge in [-0.15, -0.1) is 0 Å². The van der Waals surface area contributed by atoms with Crippen LogP contribution >= 0.6 is 0 Å². The lowest BCUT2D eigenvalue weighted by molar-refractivity contribution is 0.356. The molecule has 2 aromatic carbocycles. The minimum Gasteiger partial charge on any atom is -0.367 e. The zero-order valence-electron chi connectivity index (χ0n) is 20.6. The van der Waals surface area contributed by atoms with Crippen molar-refractivity contribution >= 4 is 16.5 Å². The largest absolute Gasteiger partial charge is 0.367 e. The second-order valence-corrected chi connectivity index (χ2v) is 10.6. The maximum absolute atomic E-state index is 4.65. The topological polar surface area (TPSA) is 29.9 Å². The van der Waals surface area contributed by atoms with Crippen LogP contribution in [-0.4, -0.2) is 9.55 Å². The summed E-state index contributed by atoms with van der Waals surface area (Å²) in [4.78, 5) is 4.65. The number of aromatic nitrogens is 2. The van der Waals surface area contributed by atoms with Gasteiger partial charge in [-0.2, -0.15) is 0 Å². The van der Waals surface area contributed by atoms with Crippen molar-refractivity contribution in [3.8, 4) is 11.1 Å². The van der Waals surface area contributed by atoms with Crippen LogP contribution in [0.4, 0.5) is 0 Å². The number of pyridine rings is 1. The van der Waals surface area contributed by atoms with E-state index in [0.717, 1.165) is 11.3 Å². The van der Waals surface area contributed by atoms with Gasteiger partial charge in [0.15, 0.2) is 0 Å². The Bertz CT molecular complexity index is 1600. The zero-order valence-corrected chi connectivity index (χ0v) is 20.6. The maximum atomic E-state index is 4.65. The molecule has 0 fully saturated rings. The van der Waals surface area contributed by atoms with E-state index >= 15 is 0 Å². The van der Waals surface area contributed by atoms with Crippen LogP contribution in [-0.2, 0) is 5.41 Å². The number of allylic oxidation sites excluding steroid dienone is 6. The lowest BCUT2D eigenvalue weighted by Gasteiger charge is -2.37. The van der Waals surface area contributed by atoms with Crippen LogP contribution < -0.4 is 5.32 Å². The summed E-state index contributed by atoms with van der Waals surface area (Å²) in [7, 11) is 0. The van der Waals surface area contributed by atoms with E-state index in [9.17, 15) is 0 Å². The molecule has 3 unspecified atom stereocenters. The Balaban J connectivity index is 1.45. The van der Waals surface area contributed by atoms with Gasteiger partial charge in [0, 0.05) is 23.9 Å². The first-order chi connectivity index (χ1) is 17.6. The van der Waals surface area contributed by atoms with Crippen molar-refractivity contribution in [1.29, 1.82) is 0 Å². The molecular weight excluding hydrogens is 438 g/mol. The zero-order chi connectivity index (χ0) is 24.3. The van der Waals surface area contributed by atoms with Gasteiger partial charge in [0.05, 0.1) is 11.2 Å². The predicted octanol–water partition coefficient (Wildman–Crippen LogP) is 7.52. The monoisotopic (exact) mass is 467 g/mol. The van der Waals surface area contributed by atoms with Crippen molar-refractivity contribution in [2.75, 3.05) is 0 Å². The lowest BCUT2D eigenvalue weighted by Crippen LogP contribution is -2.31. The van der Waals surface area contributed by atoms with E-state index in [-0.39, 0.29) is 11.6 Å². The van der Waals surface area contributed by atoms with E-state index in [4.69, 9.17) is 0 Å². The number of dihydropyridines is 1. The minimum atomic E-state index is -0.0248. The number of hydrogen-bond donors (Lipinski definition) is 1. The molecule has 4 aromatic rings. The van der Waals surface area contributed by atoms with Gasteiger partial charge in [0.25, 0.3) is 0 Å². The van der Waals surface area contributed by atoms with Crippen molar-refractivity contribution in [3.05, 3.63) is 133 Å². The number of benzene rings is 2. The Kier molecular flexibility index (Phi) is 4.69. The summed E-state index contributed by atoms with van der Waals surface area (Å²) in [5, 5.41) is 4.85. The average Bonchev–Trinajstić information content (AvgIpc) is 3.32. The Morgan fingerprint density at radius 1 is 0.889 bits per heavy atom. The van der Waals surface area contributed by atoms with Crippen LogP contribution in [0.25, 0.3) is 27.6 Å². The summed E-state index contributed by atoms with van der Waals surface area (Å²) < 4.78 is 2.35. The summed E-state index contributed by atoms with van der Waals surface area (Å²) in [5.74, 6) is 0.758. The second kappa shape index (κ2) is 7.96. The molecule has 1 aliphatic heterocycles. The van der Waals surface area contributed by atoms with Gasteiger partial charge in [0.1, 0.15) is 6.17 Å². The summed E-state index contributed by atoms with van der Waals surface area (Å²) in [6, 6.07) is 22.2. The number of rotatable bonds is 2. The molecule has 3 heterocycles. The molecule has 1 N–H and O–H groups in total. The third-order valence-corrected chi connectivity index (χ3v) is 8.29. The van der Waals surface area contributed by atoms with Crippen LogP contribution in [0.15, 0.2) is 116 Å². The Hall–Kier alpha value is -4.11. The van der Waals surface area contributed by atoms with E-state index in [1.807, 2.05) is 24.5 Å². The molecule has 3 heteroatoms. The highest BCUT2D eigenvalue weighted by atomic mass is 15.2. The number of nitrogens with zero attached hydrogens (tertiary/aromatic N) is 2. The molecule has 0 saturated heterocycles. The molecule has 3 aliphatic rings. The average molecular weight is 468 g/mol. The smallest absolute Gasteiger partial charge is 0.131 e. The van der Waals surface area contributed by atoms with Gasteiger partial charge in [-0.05, 0) is 81.6 Å². The van der Waals surface area contributed by atoms with Crippen molar-refractivity contribution in [2.45, 2.75) is 31.3 Å². The molecule has 0 saturated carbocycles. The van der Waals surface area contributed by atoms with Gasteiger partial charge in [-0.25, -0.2) is 0 Å². The van der Waals surface area contributed by atoms with Crippen LogP contribution in [0, 0.1) is 5.92 Å². The summed E-state index contributed by atoms with van der Waals surface area (Å²) in [5.41, 5.74) is 8.92. The van der Waals surface area contributed by atoms with Gasteiger partial charge in [0.2, 0.25) is 0 Å². The van der Waals surface area contributed by atoms with Gasteiger partial charge in [-0.3, -0.25) is 4.98 Å². The number of hydrogen-bond acceptors (Lipinski definition) is 2. The van der Waals surface area contributed by atoms with E-state index in [2.05, 4.69) is 120 Å².